The number of nitrogens with zero attached hydrogens (tertiary/aromatic N) is 2. The van der Waals surface area contributed by atoms with E-state index in [2.05, 4.69) is 70.2 Å². The minimum Gasteiger partial charge on any atom is -0.303 e. The van der Waals surface area contributed by atoms with Crippen LogP contribution in [0.2, 0.25) is 0 Å². The normalized spacial score (nSPS) is 11.0. The molecule has 106 valence electrons. The minimum atomic E-state index is 1.01. The zero-order valence-electron chi connectivity index (χ0n) is 12.4. The molecule has 0 aliphatic carbocycles. The van der Waals surface area contributed by atoms with E-state index in [1.165, 1.54) is 22.3 Å². The van der Waals surface area contributed by atoms with Crippen LogP contribution in [0.15, 0.2) is 79.1 Å². The first-order valence-corrected chi connectivity index (χ1v) is 7.42. The summed E-state index contributed by atoms with van der Waals surface area (Å²) in [6, 6.07) is 23.2. The van der Waals surface area contributed by atoms with Gasteiger partial charge in [-0.1, -0.05) is 60.7 Å². The lowest BCUT2D eigenvalue weighted by molar-refractivity contribution is 1.05. The van der Waals surface area contributed by atoms with Gasteiger partial charge in [0.1, 0.15) is 5.82 Å². The summed E-state index contributed by atoms with van der Waals surface area (Å²) in [6.45, 7) is 2.03. The summed E-state index contributed by atoms with van der Waals surface area (Å²) in [5.41, 5.74) is 6.05. The summed E-state index contributed by atoms with van der Waals surface area (Å²) in [5.74, 6) is 1.01. The van der Waals surface area contributed by atoms with Gasteiger partial charge < -0.3 is 4.40 Å². The molecule has 0 saturated carbocycles. The van der Waals surface area contributed by atoms with Crippen molar-refractivity contribution in [2.24, 2.45) is 0 Å². The quantitative estimate of drug-likeness (QED) is 0.507. The molecule has 0 bridgehead atoms. The third kappa shape index (κ3) is 2.01. The highest BCUT2D eigenvalue weighted by Crippen LogP contribution is 2.35. The summed E-state index contributed by atoms with van der Waals surface area (Å²) in [4.78, 5) is 4.48. The molecule has 22 heavy (non-hydrogen) atoms. The third-order valence-corrected chi connectivity index (χ3v) is 4.04. The van der Waals surface area contributed by atoms with E-state index in [4.69, 9.17) is 0 Å². The fraction of sp³-hybridized carbons (Fsp3) is 0.0500. The molecule has 0 atom stereocenters. The van der Waals surface area contributed by atoms with Gasteiger partial charge in [-0.05, 0) is 29.7 Å². The summed E-state index contributed by atoms with van der Waals surface area (Å²) < 4.78 is 2.15. The summed E-state index contributed by atoms with van der Waals surface area (Å²) in [6.07, 6.45) is 4.07. The van der Waals surface area contributed by atoms with E-state index >= 15 is 0 Å². The van der Waals surface area contributed by atoms with E-state index in [1.54, 1.807) is 0 Å². The van der Waals surface area contributed by atoms with Crippen LogP contribution in [0, 0.1) is 6.92 Å². The molecule has 0 saturated heterocycles. The Morgan fingerprint density at radius 3 is 2.09 bits per heavy atom. The van der Waals surface area contributed by atoms with Crippen molar-refractivity contribution < 1.29 is 0 Å². The SMILES string of the molecule is Cc1ncc2c(-c3ccccc3)c(-c3ccccc3)ccn12. The fourth-order valence-electron chi connectivity index (χ4n) is 2.96. The summed E-state index contributed by atoms with van der Waals surface area (Å²) in [7, 11) is 0. The third-order valence-electron chi connectivity index (χ3n) is 4.04. The number of aromatic nitrogens is 2. The van der Waals surface area contributed by atoms with Gasteiger partial charge in [0, 0.05) is 11.8 Å². The first kappa shape index (κ1) is 12.8. The lowest BCUT2D eigenvalue weighted by atomic mass is 9.95. The molecule has 2 heteroatoms. The van der Waals surface area contributed by atoms with Crippen LogP contribution in [0.3, 0.4) is 0 Å². The lowest BCUT2D eigenvalue weighted by Gasteiger charge is -2.13. The molecular formula is C20H16N2. The van der Waals surface area contributed by atoms with Gasteiger partial charge in [0.05, 0.1) is 11.7 Å². The highest BCUT2D eigenvalue weighted by molar-refractivity contribution is 5.93. The second kappa shape index (κ2) is 5.15. The number of aryl methyl sites for hydroxylation is 1. The maximum atomic E-state index is 4.48. The van der Waals surface area contributed by atoms with Crippen molar-refractivity contribution in [2.45, 2.75) is 6.92 Å². The molecule has 4 rings (SSSR count). The predicted molar refractivity (Wildman–Crippen MR) is 90.8 cm³/mol. The van der Waals surface area contributed by atoms with Gasteiger partial charge >= 0.3 is 0 Å². The van der Waals surface area contributed by atoms with Gasteiger partial charge in [0.2, 0.25) is 0 Å². The van der Waals surface area contributed by atoms with E-state index < -0.39 is 0 Å². The highest BCUT2D eigenvalue weighted by Gasteiger charge is 2.13. The van der Waals surface area contributed by atoms with Crippen molar-refractivity contribution >= 4 is 5.52 Å². The highest BCUT2D eigenvalue weighted by atomic mass is 15.0. The van der Waals surface area contributed by atoms with Crippen molar-refractivity contribution in [2.75, 3.05) is 0 Å². The molecule has 0 N–H and O–H groups in total. The lowest BCUT2D eigenvalue weighted by Crippen LogP contribution is -1.93. The molecule has 2 nitrogen and oxygen atoms in total. The van der Waals surface area contributed by atoms with Crippen LogP contribution in [0.5, 0.6) is 0 Å². The maximum absolute atomic E-state index is 4.48. The Labute approximate surface area is 129 Å². The van der Waals surface area contributed by atoms with Crippen molar-refractivity contribution in [3.05, 3.63) is 84.9 Å². The van der Waals surface area contributed by atoms with Crippen LogP contribution < -0.4 is 0 Å². The second-order valence-electron chi connectivity index (χ2n) is 5.40. The number of benzene rings is 2. The van der Waals surface area contributed by atoms with Crippen LogP contribution in [-0.4, -0.2) is 9.38 Å². The molecule has 0 aliphatic rings. The molecular weight excluding hydrogens is 268 g/mol. The Bertz CT molecular complexity index is 922. The monoisotopic (exact) mass is 284 g/mol. The molecule has 2 heterocycles. The molecule has 0 radical (unpaired) electrons. The molecule has 0 spiro atoms. The average molecular weight is 284 g/mol. The summed E-state index contributed by atoms with van der Waals surface area (Å²) in [5, 5.41) is 0. The maximum Gasteiger partial charge on any atom is 0.110 e. The van der Waals surface area contributed by atoms with Gasteiger partial charge in [-0.25, -0.2) is 4.98 Å². The van der Waals surface area contributed by atoms with E-state index in [0.717, 1.165) is 11.3 Å². The van der Waals surface area contributed by atoms with Gasteiger partial charge in [0.15, 0.2) is 0 Å². The molecule has 0 unspecified atom stereocenters. The molecule has 4 aromatic rings. The first-order valence-electron chi connectivity index (χ1n) is 7.42. The molecule has 2 aromatic carbocycles. The summed E-state index contributed by atoms with van der Waals surface area (Å²) >= 11 is 0. The van der Waals surface area contributed by atoms with Crippen LogP contribution in [0.4, 0.5) is 0 Å². The van der Waals surface area contributed by atoms with Crippen molar-refractivity contribution in [3.63, 3.8) is 0 Å². The number of fused-ring (bicyclic) bond motifs is 1. The first-order chi connectivity index (χ1) is 10.8. The zero-order valence-corrected chi connectivity index (χ0v) is 12.4. The number of hydrogen-bond donors (Lipinski definition) is 0. The van der Waals surface area contributed by atoms with Crippen LogP contribution in [0.1, 0.15) is 5.82 Å². The van der Waals surface area contributed by atoms with Gasteiger partial charge in [-0.15, -0.1) is 0 Å². The second-order valence-corrected chi connectivity index (χ2v) is 5.40. The number of hydrogen-bond acceptors (Lipinski definition) is 1. The molecule has 2 aromatic heterocycles. The largest absolute Gasteiger partial charge is 0.303 e. The van der Waals surface area contributed by atoms with E-state index in [0.29, 0.717) is 0 Å². The Morgan fingerprint density at radius 2 is 1.41 bits per heavy atom. The smallest absolute Gasteiger partial charge is 0.110 e. The van der Waals surface area contributed by atoms with E-state index in [9.17, 15) is 0 Å². The van der Waals surface area contributed by atoms with Crippen LogP contribution in [0.25, 0.3) is 27.8 Å². The number of imidazole rings is 1. The standard InChI is InChI=1S/C20H16N2/c1-15-21-14-19-20(17-10-6-3-7-11-17)18(12-13-22(15)19)16-8-4-2-5-9-16/h2-14H,1H3. The fourth-order valence-corrected chi connectivity index (χ4v) is 2.96. The van der Waals surface area contributed by atoms with Crippen molar-refractivity contribution in [1.29, 1.82) is 0 Å². The number of rotatable bonds is 2. The Hall–Kier alpha value is -2.87. The van der Waals surface area contributed by atoms with E-state index in [-0.39, 0.29) is 0 Å². The van der Waals surface area contributed by atoms with Gasteiger partial charge in [-0.2, -0.15) is 0 Å². The number of pyridine rings is 1. The molecule has 0 fully saturated rings. The van der Waals surface area contributed by atoms with Crippen molar-refractivity contribution in [1.82, 2.24) is 9.38 Å². The van der Waals surface area contributed by atoms with Crippen molar-refractivity contribution in [3.8, 4) is 22.3 Å². The van der Waals surface area contributed by atoms with E-state index in [1.807, 2.05) is 25.3 Å². The Kier molecular flexibility index (Phi) is 3.01. The van der Waals surface area contributed by atoms with Gasteiger partial charge in [-0.3, -0.25) is 0 Å². The predicted octanol–water partition coefficient (Wildman–Crippen LogP) is 4.98. The van der Waals surface area contributed by atoms with Crippen LogP contribution >= 0.6 is 0 Å². The molecule has 0 aliphatic heterocycles. The molecule has 0 amide bonds. The topological polar surface area (TPSA) is 17.3 Å². The van der Waals surface area contributed by atoms with Crippen LogP contribution in [-0.2, 0) is 0 Å². The zero-order chi connectivity index (χ0) is 14.9. The minimum absolute atomic E-state index is 1.01. The average Bonchev–Trinajstić information content (AvgIpc) is 2.97. The Morgan fingerprint density at radius 1 is 0.773 bits per heavy atom. The Balaban J connectivity index is 2.09. The van der Waals surface area contributed by atoms with Gasteiger partial charge in [0.25, 0.3) is 0 Å².